The fraction of sp³-hybridized carbons (Fsp3) is 0.133. The third kappa shape index (κ3) is 3.59. The fourth-order valence-corrected chi connectivity index (χ4v) is 7.52. The first-order valence-electron chi connectivity index (χ1n) is 12.1. The highest BCUT2D eigenvalue weighted by molar-refractivity contribution is 7.92. The van der Waals surface area contributed by atoms with Gasteiger partial charge in [0.15, 0.2) is 17.3 Å². The largest absolute Gasteiger partial charge is 0.496 e. The number of halogens is 1. The molecule has 9 heteroatoms. The fourth-order valence-electron chi connectivity index (χ4n) is 5.58. The lowest BCUT2D eigenvalue weighted by molar-refractivity contribution is 0.0974. The molecule has 1 atom stereocenters. The van der Waals surface area contributed by atoms with Crippen LogP contribution < -0.4 is 13.8 Å². The second-order valence-corrected chi connectivity index (χ2v) is 11.4. The molecule has 2 aliphatic rings. The van der Waals surface area contributed by atoms with E-state index in [0.717, 1.165) is 0 Å². The van der Waals surface area contributed by atoms with E-state index in [0.29, 0.717) is 16.1 Å². The second kappa shape index (κ2) is 9.25. The Balaban J connectivity index is 1.71. The number of ether oxygens (including phenoxy) is 2. The van der Waals surface area contributed by atoms with Crippen LogP contribution in [0.15, 0.2) is 83.8 Å². The zero-order valence-electron chi connectivity index (χ0n) is 21.0. The van der Waals surface area contributed by atoms with Gasteiger partial charge in [0.2, 0.25) is 0 Å². The van der Waals surface area contributed by atoms with Gasteiger partial charge in [0, 0.05) is 28.1 Å². The minimum Gasteiger partial charge on any atom is -0.496 e. The van der Waals surface area contributed by atoms with E-state index in [1.807, 2.05) is 0 Å². The minimum absolute atomic E-state index is 0.00251. The predicted molar refractivity (Wildman–Crippen MR) is 147 cm³/mol. The number of rotatable bonds is 5. The summed E-state index contributed by atoms with van der Waals surface area (Å²) in [6.07, 6.45) is 0.140. The molecule has 0 saturated carbocycles. The first kappa shape index (κ1) is 25.2. The highest BCUT2D eigenvalue weighted by Gasteiger charge is 2.48. The Hall–Kier alpha value is -4.14. The van der Waals surface area contributed by atoms with E-state index >= 15 is 0 Å². The van der Waals surface area contributed by atoms with Crippen molar-refractivity contribution >= 4 is 38.9 Å². The molecule has 6 rings (SSSR count). The average Bonchev–Trinajstić information content (AvgIpc) is 3.36. The van der Waals surface area contributed by atoms with Crippen LogP contribution in [0.3, 0.4) is 0 Å². The van der Waals surface area contributed by atoms with E-state index in [-0.39, 0.29) is 50.8 Å². The number of methoxy groups -OCH3 is 2. The smallest absolute Gasteiger partial charge is 0.265 e. The monoisotopic (exact) mass is 559 g/mol. The summed E-state index contributed by atoms with van der Waals surface area (Å²) in [6, 6.07) is 20.7. The number of hydrogen-bond donors (Lipinski definition) is 0. The van der Waals surface area contributed by atoms with Gasteiger partial charge >= 0.3 is 0 Å². The van der Waals surface area contributed by atoms with Gasteiger partial charge in [-0.15, -0.1) is 0 Å². The van der Waals surface area contributed by atoms with Gasteiger partial charge < -0.3 is 9.47 Å². The van der Waals surface area contributed by atoms with Crippen LogP contribution in [-0.2, 0) is 16.4 Å². The van der Waals surface area contributed by atoms with Crippen molar-refractivity contribution in [1.29, 1.82) is 0 Å². The van der Waals surface area contributed by atoms with Gasteiger partial charge in [-0.05, 0) is 23.8 Å². The van der Waals surface area contributed by atoms with E-state index in [1.54, 1.807) is 66.7 Å². The summed E-state index contributed by atoms with van der Waals surface area (Å²) in [5.41, 5.74) is 1.68. The molecule has 0 radical (unpaired) electrons. The molecule has 1 unspecified atom stereocenters. The molecule has 0 saturated heterocycles. The van der Waals surface area contributed by atoms with Crippen LogP contribution in [-0.4, -0.2) is 34.2 Å². The van der Waals surface area contributed by atoms with Crippen molar-refractivity contribution in [3.05, 3.63) is 117 Å². The zero-order chi connectivity index (χ0) is 27.5. The van der Waals surface area contributed by atoms with E-state index in [4.69, 9.17) is 21.1 Å². The molecular weight excluding hydrogens is 538 g/mol. The number of carbonyl (C=O) groups is 2. The second-order valence-electron chi connectivity index (χ2n) is 9.20. The average molecular weight is 560 g/mol. The summed E-state index contributed by atoms with van der Waals surface area (Å²) in [7, 11) is -1.44. The molecule has 0 amide bonds. The van der Waals surface area contributed by atoms with Crippen molar-refractivity contribution in [3.63, 3.8) is 0 Å². The molecule has 0 aromatic heterocycles. The van der Waals surface area contributed by atoms with Crippen LogP contribution in [0.4, 0.5) is 5.69 Å². The van der Waals surface area contributed by atoms with Crippen molar-refractivity contribution in [1.82, 2.24) is 0 Å². The summed E-state index contributed by atoms with van der Waals surface area (Å²) in [4.78, 5) is 27.7. The van der Waals surface area contributed by atoms with E-state index in [2.05, 4.69) is 0 Å². The lowest BCUT2D eigenvalue weighted by Crippen LogP contribution is -2.33. The first-order valence-corrected chi connectivity index (χ1v) is 14.0. The van der Waals surface area contributed by atoms with Gasteiger partial charge in [0.05, 0.1) is 36.3 Å². The van der Waals surface area contributed by atoms with Crippen molar-refractivity contribution in [2.24, 2.45) is 0 Å². The van der Waals surface area contributed by atoms with Crippen LogP contribution in [0.2, 0.25) is 5.02 Å². The molecule has 0 spiro atoms. The van der Waals surface area contributed by atoms with Gasteiger partial charge in [-0.1, -0.05) is 72.3 Å². The SMILES string of the molecule is COc1c2c(c(OC)c3c1C(=O)c1ccccc1C3=O)N(S(=O)(=O)c1ccccc1)C(c1ccccc1Cl)C2. The molecule has 4 aromatic carbocycles. The number of anilines is 1. The molecule has 39 heavy (non-hydrogen) atoms. The van der Waals surface area contributed by atoms with Gasteiger partial charge in [0.1, 0.15) is 11.4 Å². The Morgan fingerprint density at radius 2 is 1.31 bits per heavy atom. The van der Waals surface area contributed by atoms with Crippen molar-refractivity contribution in [2.45, 2.75) is 17.4 Å². The van der Waals surface area contributed by atoms with Gasteiger partial charge in [-0.2, -0.15) is 0 Å². The van der Waals surface area contributed by atoms with Crippen LogP contribution in [0, 0.1) is 0 Å². The Labute approximate surface area is 230 Å². The van der Waals surface area contributed by atoms with Crippen LogP contribution >= 0.6 is 11.6 Å². The summed E-state index contributed by atoms with van der Waals surface area (Å²) >= 11 is 6.60. The molecule has 196 valence electrons. The number of benzene rings is 4. The molecule has 1 aliphatic heterocycles. The highest BCUT2D eigenvalue weighted by Crippen LogP contribution is 2.56. The normalized spacial score (nSPS) is 16.0. The molecular formula is C30H22ClNO6S. The van der Waals surface area contributed by atoms with Gasteiger partial charge in [-0.25, -0.2) is 8.42 Å². The standard InChI is InChI=1S/C30H22ClNO6S/c1-37-29-21-16-23(20-14-8-9-15-22(20)31)32(39(35,36)17-10-4-3-5-11-17)26(21)30(38-2)25-24(29)27(33)18-12-6-7-13-19(18)28(25)34/h3-15,23H,16H2,1-2H3. The minimum atomic E-state index is -4.20. The Morgan fingerprint density at radius 3 is 1.90 bits per heavy atom. The van der Waals surface area contributed by atoms with Gasteiger partial charge in [0.25, 0.3) is 10.0 Å². The number of fused-ring (bicyclic) bond motifs is 3. The molecule has 0 N–H and O–H groups in total. The maximum Gasteiger partial charge on any atom is 0.265 e. The number of hydrogen-bond acceptors (Lipinski definition) is 6. The topological polar surface area (TPSA) is 90.0 Å². The Morgan fingerprint density at radius 1 is 0.769 bits per heavy atom. The number of nitrogens with zero attached hydrogens (tertiary/aromatic N) is 1. The lowest BCUT2D eigenvalue weighted by Gasteiger charge is -2.30. The highest BCUT2D eigenvalue weighted by atomic mass is 35.5. The molecule has 0 fully saturated rings. The van der Waals surface area contributed by atoms with Crippen LogP contribution in [0.25, 0.3) is 0 Å². The zero-order valence-corrected chi connectivity index (χ0v) is 22.5. The summed E-state index contributed by atoms with van der Waals surface area (Å²) in [5.74, 6) is -0.688. The molecule has 7 nitrogen and oxygen atoms in total. The third-order valence-electron chi connectivity index (χ3n) is 7.22. The summed E-state index contributed by atoms with van der Waals surface area (Å²) in [5, 5.41) is 0.380. The number of ketones is 2. The molecule has 0 bridgehead atoms. The Kier molecular flexibility index (Phi) is 5.97. The number of sulfonamides is 1. The summed E-state index contributed by atoms with van der Waals surface area (Å²) in [6.45, 7) is 0. The maximum atomic E-state index is 14.3. The first-order chi connectivity index (χ1) is 18.8. The third-order valence-corrected chi connectivity index (χ3v) is 9.39. The molecule has 1 heterocycles. The Bertz CT molecular complexity index is 1790. The van der Waals surface area contributed by atoms with E-state index in [1.165, 1.54) is 30.7 Å². The lowest BCUT2D eigenvalue weighted by atomic mass is 9.81. The number of carbonyl (C=O) groups excluding carboxylic acids is 2. The maximum absolute atomic E-state index is 14.3. The molecule has 4 aromatic rings. The van der Waals surface area contributed by atoms with E-state index < -0.39 is 27.6 Å². The van der Waals surface area contributed by atoms with Crippen LogP contribution in [0.5, 0.6) is 11.5 Å². The van der Waals surface area contributed by atoms with Crippen LogP contribution in [0.1, 0.15) is 49.0 Å². The quantitative estimate of drug-likeness (QED) is 0.277. The van der Waals surface area contributed by atoms with Crippen molar-refractivity contribution < 1.29 is 27.5 Å². The molecule has 1 aliphatic carbocycles. The van der Waals surface area contributed by atoms with Gasteiger partial charge in [-0.3, -0.25) is 13.9 Å². The van der Waals surface area contributed by atoms with Crippen molar-refractivity contribution in [3.8, 4) is 11.5 Å². The van der Waals surface area contributed by atoms with Crippen molar-refractivity contribution in [2.75, 3.05) is 18.5 Å². The predicted octanol–water partition coefficient (Wildman–Crippen LogP) is 5.63. The van der Waals surface area contributed by atoms with E-state index in [9.17, 15) is 18.0 Å². The summed E-state index contributed by atoms with van der Waals surface area (Å²) < 4.78 is 41.4.